The summed E-state index contributed by atoms with van der Waals surface area (Å²) in [5.74, 6) is 0.636. The molecule has 0 fully saturated rings. The Balaban J connectivity index is 2.16. The first kappa shape index (κ1) is 16.2. The largest absolute Gasteiger partial charge is 0.503 e. The van der Waals surface area contributed by atoms with Crippen LogP contribution < -0.4 is 10.1 Å². The summed E-state index contributed by atoms with van der Waals surface area (Å²) in [5.41, 5.74) is 3.29. The van der Waals surface area contributed by atoms with Gasteiger partial charge in [0.2, 0.25) is 0 Å². The average Bonchev–Trinajstić information content (AvgIpc) is 2.43. The Morgan fingerprint density at radius 3 is 2.62 bits per heavy atom. The minimum Gasteiger partial charge on any atom is -0.503 e. The SMILES string of the molecule is CCOc1cc(CNc2ccc(Br)cc2C)cc(Br)c1O. The lowest BCUT2D eigenvalue weighted by Crippen LogP contribution is -2.02. The molecule has 21 heavy (non-hydrogen) atoms. The standard InChI is InChI=1S/C16H17Br2NO2/c1-3-21-15-8-11(7-13(18)16(15)20)9-19-14-5-4-12(17)6-10(14)2/h4-8,19-20H,3,9H2,1-2H3. The van der Waals surface area contributed by atoms with Crippen LogP contribution in [0.2, 0.25) is 0 Å². The number of ether oxygens (including phenoxy) is 1. The highest BCUT2D eigenvalue weighted by Gasteiger charge is 2.09. The van der Waals surface area contributed by atoms with Gasteiger partial charge in [0, 0.05) is 16.7 Å². The Hall–Kier alpha value is -1.20. The van der Waals surface area contributed by atoms with Gasteiger partial charge in [-0.05, 0) is 71.2 Å². The second kappa shape index (κ2) is 7.18. The number of anilines is 1. The van der Waals surface area contributed by atoms with Crippen LogP contribution in [0, 0.1) is 6.92 Å². The first-order chi connectivity index (χ1) is 10.0. The molecular weight excluding hydrogens is 398 g/mol. The van der Waals surface area contributed by atoms with Crippen molar-refractivity contribution < 1.29 is 9.84 Å². The second-order valence-corrected chi connectivity index (χ2v) is 6.44. The fraction of sp³-hybridized carbons (Fsp3) is 0.250. The van der Waals surface area contributed by atoms with Crippen molar-refractivity contribution in [2.45, 2.75) is 20.4 Å². The van der Waals surface area contributed by atoms with E-state index < -0.39 is 0 Å². The highest BCUT2D eigenvalue weighted by Crippen LogP contribution is 2.35. The van der Waals surface area contributed by atoms with Gasteiger partial charge in [-0.15, -0.1) is 0 Å². The maximum absolute atomic E-state index is 9.92. The zero-order chi connectivity index (χ0) is 15.4. The molecule has 0 atom stereocenters. The summed E-state index contributed by atoms with van der Waals surface area (Å²) in [7, 11) is 0. The third kappa shape index (κ3) is 4.14. The van der Waals surface area contributed by atoms with Crippen molar-refractivity contribution in [2.75, 3.05) is 11.9 Å². The second-order valence-electron chi connectivity index (χ2n) is 4.67. The van der Waals surface area contributed by atoms with Gasteiger partial charge in [0.05, 0.1) is 11.1 Å². The van der Waals surface area contributed by atoms with Crippen molar-refractivity contribution in [3.63, 3.8) is 0 Å². The Kier molecular flexibility index (Phi) is 5.53. The number of benzene rings is 2. The van der Waals surface area contributed by atoms with E-state index in [1.165, 1.54) is 5.56 Å². The van der Waals surface area contributed by atoms with Gasteiger partial charge in [-0.2, -0.15) is 0 Å². The number of hydrogen-bond donors (Lipinski definition) is 2. The van der Waals surface area contributed by atoms with E-state index in [9.17, 15) is 5.11 Å². The van der Waals surface area contributed by atoms with Gasteiger partial charge in [-0.1, -0.05) is 15.9 Å². The van der Waals surface area contributed by atoms with E-state index >= 15 is 0 Å². The molecular formula is C16H17Br2NO2. The van der Waals surface area contributed by atoms with Gasteiger partial charge in [-0.3, -0.25) is 0 Å². The first-order valence-corrected chi connectivity index (χ1v) is 8.24. The van der Waals surface area contributed by atoms with Crippen molar-refractivity contribution in [2.24, 2.45) is 0 Å². The summed E-state index contributed by atoms with van der Waals surface area (Å²) >= 11 is 6.81. The maximum Gasteiger partial charge on any atom is 0.172 e. The Morgan fingerprint density at radius 1 is 1.19 bits per heavy atom. The van der Waals surface area contributed by atoms with Crippen LogP contribution in [-0.2, 0) is 6.54 Å². The van der Waals surface area contributed by atoms with E-state index in [1.807, 2.05) is 31.2 Å². The highest BCUT2D eigenvalue weighted by atomic mass is 79.9. The van der Waals surface area contributed by atoms with E-state index in [-0.39, 0.29) is 5.75 Å². The summed E-state index contributed by atoms with van der Waals surface area (Å²) < 4.78 is 7.14. The zero-order valence-electron chi connectivity index (χ0n) is 11.9. The number of halogens is 2. The molecule has 0 aliphatic rings. The molecule has 2 aromatic carbocycles. The summed E-state index contributed by atoms with van der Waals surface area (Å²) in [5, 5.41) is 13.3. The van der Waals surface area contributed by atoms with Crippen molar-refractivity contribution in [3.05, 3.63) is 50.4 Å². The molecule has 0 aliphatic heterocycles. The minimum absolute atomic E-state index is 0.139. The molecule has 0 aromatic heterocycles. The number of aryl methyl sites for hydroxylation is 1. The fourth-order valence-corrected chi connectivity index (χ4v) is 2.98. The molecule has 0 aliphatic carbocycles. The van der Waals surface area contributed by atoms with Gasteiger partial charge in [0.25, 0.3) is 0 Å². The molecule has 0 unspecified atom stereocenters. The maximum atomic E-state index is 9.92. The zero-order valence-corrected chi connectivity index (χ0v) is 15.1. The van der Waals surface area contributed by atoms with Gasteiger partial charge < -0.3 is 15.2 Å². The molecule has 0 saturated carbocycles. The molecule has 3 nitrogen and oxygen atoms in total. The highest BCUT2D eigenvalue weighted by molar-refractivity contribution is 9.10. The van der Waals surface area contributed by atoms with Gasteiger partial charge in [-0.25, -0.2) is 0 Å². The number of rotatable bonds is 5. The van der Waals surface area contributed by atoms with Crippen LogP contribution in [-0.4, -0.2) is 11.7 Å². The predicted octanol–water partition coefficient (Wildman–Crippen LogP) is 5.24. The van der Waals surface area contributed by atoms with Crippen molar-refractivity contribution in [1.29, 1.82) is 0 Å². The minimum atomic E-state index is 0.139. The Labute approximate surface area is 141 Å². The smallest absolute Gasteiger partial charge is 0.172 e. The number of nitrogens with one attached hydrogen (secondary N) is 1. The molecule has 5 heteroatoms. The lowest BCUT2D eigenvalue weighted by molar-refractivity contribution is 0.317. The average molecular weight is 415 g/mol. The van der Waals surface area contributed by atoms with Crippen LogP contribution in [0.5, 0.6) is 11.5 Å². The molecule has 2 rings (SSSR count). The molecule has 112 valence electrons. The Morgan fingerprint density at radius 2 is 1.95 bits per heavy atom. The van der Waals surface area contributed by atoms with Crippen LogP contribution in [0.4, 0.5) is 5.69 Å². The predicted molar refractivity (Wildman–Crippen MR) is 93.2 cm³/mol. The van der Waals surface area contributed by atoms with E-state index in [4.69, 9.17) is 4.74 Å². The molecule has 2 N–H and O–H groups in total. The summed E-state index contributed by atoms with van der Waals surface area (Å²) in [6, 6.07) is 9.86. The summed E-state index contributed by atoms with van der Waals surface area (Å²) in [6.07, 6.45) is 0. The normalized spacial score (nSPS) is 10.5. The molecule has 0 heterocycles. The van der Waals surface area contributed by atoms with Crippen molar-refractivity contribution in [3.8, 4) is 11.5 Å². The van der Waals surface area contributed by atoms with Crippen LogP contribution in [0.25, 0.3) is 0 Å². The number of hydrogen-bond acceptors (Lipinski definition) is 3. The molecule has 0 radical (unpaired) electrons. The number of phenols is 1. The molecule has 0 amide bonds. The van der Waals surface area contributed by atoms with E-state index in [0.717, 1.165) is 15.7 Å². The van der Waals surface area contributed by atoms with Crippen LogP contribution in [0.15, 0.2) is 39.3 Å². The van der Waals surface area contributed by atoms with E-state index in [0.29, 0.717) is 23.4 Å². The third-order valence-electron chi connectivity index (χ3n) is 3.06. The molecule has 0 bridgehead atoms. The lowest BCUT2D eigenvalue weighted by atomic mass is 10.1. The number of aromatic hydroxyl groups is 1. The van der Waals surface area contributed by atoms with E-state index in [1.54, 1.807) is 0 Å². The van der Waals surface area contributed by atoms with Crippen LogP contribution >= 0.6 is 31.9 Å². The molecule has 0 saturated heterocycles. The third-order valence-corrected chi connectivity index (χ3v) is 4.16. The summed E-state index contributed by atoms with van der Waals surface area (Å²) in [6.45, 7) is 5.12. The van der Waals surface area contributed by atoms with Crippen molar-refractivity contribution >= 4 is 37.5 Å². The summed E-state index contributed by atoms with van der Waals surface area (Å²) in [4.78, 5) is 0. The monoisotopic (exact) mass is 413 g/mol. The quantitative estimate of drug-likeness (QED) is 0.703. The van der Waals surface area contributed by atoms with Gasteiger partial charge in [0.15, 0.2) is 11.5 Å². The number of phenolic OH excluding ortho intramolecular Hbond substituents is 1. The molecule has 2 aromatic rings. The van der Waals surface area contributed by atoms with Crippen LogP contribution in [0.1, 0.15) is 18.1 Å². The van der Waals surface area contributed by atoms with Gasteiger partial charge >= 0.3 is 0 Å². The topological polar surface area (TPSA) is 41.5 Å². The molecule has 0 spiro atoms. The lowest BCUT2D eigenvalue weighted by Gasteiger charge is -2.13. The first-order valence-electron chi connectivity index (χ1n) is 6.65. The van der Waals surface area contributed by atoms with Crippen molar-refractivity contribution in [1.82, 2.24) is 0 Å². The fourth-order valence-electron chi connectivity index (χ4n) is 2.02. The van der Waals surface area contributed by atoms with Crippen LogP contribution in [0.3, 0.4) is 0 Å². The van der Waals surface area contributed by atoms with E-state index in [2.05, 4.69) is 50.2 Å². The van der Waals surface area contributed by atoms with Gasteiger partial charge in [0.1, 0.15) is 0 Å². The Bertz CT molecular complexity index is 644.